The number of nitrogens with zero attached hydrogens (tertiary/aromatic N) is 1. The summed E-state index contributed by atoms with van der Waals surface area (Å²) >= 11 is 0. The number of pyridine rings is 1. The molecule has 1 unspecified atom stereocenters. The van der Waals surface area contributed by atoms with E-state index in [-0.39, 0.29) is 5.75 Å². The zero-order valence-electron chi connectivity index (χ0n) is 20.4. The molecule has 1 aromatic carbocycles. The van der Waals surface area contributed by atoms with Gasteiger partial charge in [-0.2, -0.15) is 8.78 Å². The summed E-state index contributed by atoms with van der Waals surface area (Å²) in [5, 5.41) is 0. The zero-order chi connectivity index (χ0) is 24.8. The van der Waals surface area contributed by atoms with Gasteiger partial charge in [0, 0.05) is 5.56 Å². The van der Waals surface area contributed by atoms with Crippen LogP contribution in [0.3, 0.4) is 0 Å². The molecule has 1 saturated carbocycles. The van der Waals surface area contributed by atoms with Gasteiger partial charge in [0.05, 0.1) is 17.8 Å². The maximum absolute atomic E-state index is 14.9. The van der Waals surface area contributed by atoms with E-state index in [0.717, 1.165) is 43.7 Å². The van der Waals surface area contributed by atoms with Gasteiger partial charge in [-0.3, -0.25) is 4.98 Å². The van der Waals surface area contributed by atoms with Gasteiger partial charge in [0.1, 0.15) is 5.75 Å². The smallest absolute Gasteiger partial charge is 0.400 e. The molecule has 0 amide bonds. The van der Waals surface area contributed by atoms with Crippen LogP contribution in [0.15, 0.2) is 48.2 Å². The molecule has 35 heavy (non-hydrogen) atoms. The highest BCUT2D eigenvalue weighted by Crippen LogP contribution is 2.44. The van der Waals surface area contributed by atoms with Crippen molar-refractivity contribution in [3.63, 3.8) is 0 Å². The molecule has 6 heteroatoms. The minimum absolute atomic E-state index is 0.0347. The van der Waals surface area contributed by atoms with E-state index in [1.165, 1.54) is 62.1 Å². The molecule has 0 saturated heterocycles. The number of rotatable bonds is 9. The van der Waals surface area contributed by atoms with E-state index in [9.17, 15) is 17.6 Å². The minimum atomic E-state index is -3.28. The standard InChI is InChI=1S/C29H35F4NO/c1-2-3-4-5-20-6-8-21(9-7-20)22-10-13-24(14-11-22)29(32,33)35-25-15-17-28(34-19-25)23-12-16-26(30)27(31)18-23/h8,12,15-20,22,24H,2-7,9-11,13-14H2,1H3. The van der Waals surface area contributed by atoms with Crippen molar-refractivity contribution < 1.29 is 22.3 Å². The molecular weight excluding hydrogens is 454 g/mol. The lowest BCUT2D eigenvalue weighted by molar-refractivity contribution is -0.223. The number of hydrogen-bond donors (Lipinski definition) is 0. The molecule has 0 aliphatic heterocycles. The van der Waals surface area contributed by atoms with Crippen LogP contribution < -0.4 is 4.74 Å². The van der Waals surface area contributed by atoms with E-state index >= 15 is 0 Å². The number of unbranched alkanes of at least 4 members (excludes halogenated alkanes) is 2. The van der Waals surface area contributed by atoms with Crippen molar-refractivity contribution >= 4 is 0 Å². The minimum Gasteiger partial charge on any atom is -0.431 e. The van der Waals surface area contributed by atoms with E-state index in [2.05, 4.69) is 18.0 Å². The van der Waals surface area contributed by atoms with Gasteiger partial charge in [0.2, 0.25) is 0 Å². The molecule has 0 bridgehead atoms. The molecule has 1 heterocycles. The van der Waals surface area contributed by atoms with E-state index in [0.29, 0.717) is 30.0 Å². The SMILES string of the molecule is CCCCCC1CC=C(C2CCC(C(F)(F)Oc3ccc(-c4ccc(F)c(F)c4)nc3)CC2)CC1. The Balaban J connectivity index is 1.28. The van der Waals surface area contributed by atoms with Gasteiger partial charge in [0.15, 0.2) is 11.6 Å². The fourth-order valence-corrected chi connectivity index (χ4v) is 5.53. The van der Waals surface area contributed by atoms with Crippen molar-refractivity contribution in [2.45, 2.75) is 83.7 Å². The Morgan fingerprint density at radius 1 is 0.971 bits per heavy atom. The predicted octanol–water partition coefficient (Wildman–Crippen LogP) is 9.11. The number of aromatic nitrogens is 1. The van der Waals surface area contributed by atoms with Gasteiger partial charge in [-0.1, -0.05) is 44.3 Å². The van der Waals surface area contributed by atoms with Crippen molar-refractivity contribution in [1.82, 2.24) is 4.98 Å². The predicted molar refractivity (Wildman–Crippen MR) is 130 cm³/mol. The lowest BCUT2D eigenvalue weighted by Crippen LogP contribution is -2.37. The lowest BCUT2D eigenvalue weighted by Gasteiger charge is -2.35. The van der Waals surface area contributed by atoms with Crippen LogP contribution in [-0.2, 0) is 0 Å². The van der Waals surface area contributed by atoms with Crippen molar-refractivity contribution in [3.05, 3.63) is 59.8 Å². The number of ether oxygens (including phenoxy) is 1. The van der Waals surface area contributed by atoms with Crippen LogP contribution in [0, 0.1) is 29.4 Å². The molecule has 1 fully saturated rings. The van der Waals surface area contributed by atoms with Gasteiger partial charge in [-0.05, 0) is 87.1 Å². The maximum atomic E-state index is 14.9. The Hall–Kier alpha value is -2.37. The fraction of sp³-hybridized carbons (Fsp3) is 0.552. The Labute approximate surface area is 205 Å². The van der Waals surface area contributed by atoms with Gasteiger partial charge in [-0.15, -0.1) is 0 Å². The summed E-state index contributed by atoms with van der Waals surface area (Å²) in [5.41, 5.74) is 2.20. The molecule has 1 aromatic heterocycles. The average Bonchev–Trinajstić information content (AvgIpc) is 2.87. The second kappa shape index (κ2) is 11.6. The van der Waals surface area contributed by atoms with E-state index in [1.807, 2.05) is 0 Å². The second-order valence-electron chi connectivity index (χ2n) is 10.1. The Kier molecular flexibility index (Phi) is 8.51. The van der Waals surface area contributed by atoms with Crippen LogP contribution in [0.25, 0.3) is 11.3 Å². The normalized spacial score (nSPS) is 23.1. The van der Waals surface area contributed by atoms with E-state index in [4.69, 9.17) is 4.74 Å². The third-order valence-corrected chi connectivity index (χ3v) is 7.70. The summed E-state index contributed by atoms with van der Waals surface area (Å²) in [5.74, 6) is -1.57. The summed E-state index contributed by atoms with van der Waals surface area (Å²) < 4.78 is 61.5. The monoisotopic (exact) mass is 489 g/mol. The summed E-state index contributed by atoms with van der Waals surface area (Å²) in [6.45, 7) is 2.23. The van der Waals surface area contributed by atoms with Crippen molar-refractivity contribution in [1.29, 1.82) is 0 Å². The van der Waals surface area contributed by atoms with Gasteiger partial charge >= 0.3 is 6.11 Å². The number of hydrogen-bond acceptors (Lipinski definition) is 2. The molecule has 1 atom stereocenters. The van der Waals surface area contributed by atoms with Gasteiger partial charge in [0.25, 0.3) is 0 Å². The van der Waals surface area contributed by atoms with Crippen molar-refractivity contribution in [2.75, 3.05) is 0 Å². The lowest BCUT2D eigenvalue weighted by atomic mass is 9.73. The molecule has 2 aromatic rings. The van der Waals surface area contributed by atoms with Crippen LogP contribution in [0.1, 0.15) is 77.6 Å². The maximum Gasteiger partial charge on any atom is 0.400 e. The third kappa shape index (κ3) is 6.65. The first-order valence-corrected chi connectivity index (χ1v) is 13.0. The molecule has 0 radical (unpaired) electrons. The molecule has 190 valence electrons. The Morgan fingerprint density at radius 3 is 2.40 bits per heavy atom. The zero-order valence-corrected chi connectivity index (χ0v) is 20.4. The van der Waals surface area contributed by atoms with E-state index < -0.39 is 23.7 Å². The molecule has 2 aliphatic carbocycles. The first-order chi connectivity index (χ1) is 16.9. The highest BCUT2D eigenvalue weighted by Gasteiger charge is 2.44. The first kappa shape index (κ1) is 25.7. The van der Waals surface area contributed by atoms with Gasteiger partial charge < -0.3 is 4.74 Å². The molecule has 0 N–H and O–H groups in total. The number of halogens is 4. The van der Waals surface area contributed by atoms with Crippen LogP contribution >= 0.6 is 0 Å². The van der Waals surface area contributed by atoms with E-state index in [1.54, 1.807) is 0 Å². The van der Waals surface area contributed by atoms with Crippen LogP contribution in [0.4, 0.5) is 17.6 Å². The highest BCUT2D eigenvalue weighted by atomic mass is 19.3. The quantitative estimate of drug-likeness (QED) is 0.199. The highest BCUT2D eigenvalue weighted by molar-refractivity contribution is 5.59. The van der Waals surface area contributed by atoms with Crippen LogP contribution in [0.2, 0.25) is 0 Å². The molecule has 4 rings (SSSR count). The summed E-state index contributed by atoms with van der Waals surface area (Å²) in [7, 11) is 0. The Morgan fingerprint density at radius 2 is 1.77 bits per heavy atom. The first-order valence-electron chi connectivity index (χ1n) is 13.0. The summed E-state index contributed by atoms with van der Waals surface area (Å²) in [6.07, 6.45) is 11.5. The number of alkyl halides is 2. The van der Waals surface area contributed by atoms with Crippen molar-refractivity contribution in [2.24, 2.45) is 17.8 Å². The topological polar surface area (TPSA) is 22.1 Å². The molecule has 2 nitrogen and oxygen atoms in total. The number of benzene rings is 1. The largest absolute Gasteiger partial charge is 0.431 e. The summed E-state index contributed by atoms with van der Waals surface area (Å²) in [6, 6.07) is 6.30. The Bertz CT molecular complexity index is 996. The third-order valence-electron chi connectivity index (χ3n) is 7.70. The molecule has 2 aliphatic rings. The van der Waals surface area contributed by atoms with Crippen LogP contribution in [-0.4, -0.2) is 11.1 Å². The molecular formula is C29H35F4NO. The summed E-state index contributed by atoms with van der Waals surface area (Å²) in [4.78, 5) is 4.10. The van der Waals surface area contributed by atoms with Crippen LogP contribution in [0.5, 0.6) is 5.75 Å². The van der Waals surface area contributed by atoms with Gasteiger partial charge in [-0.25, -0.2) is 8.78 Å². The second-order valence-corrected chi connectivity index (χ2v) is 10.1. The molecule has 0 spiro atoms. The average molecular weight is 490 g/mol. The van der Waals surface area contributed by atoms with Crippen molar-refractivity contribution in [3.8, 4) is 17.0 Å². The fourth-order valence-electron chi connectivity index (χ4n) is 5.53. The number of allylic oxidation sites excluding steroid dienone is 2.